The Balaban J connectivity index is 4.11. The molecule has 12 heavy (non-hydrogen) atoms. The molecule has 0 aliphatic rings. The fraction of sp³-hybridized carbons (Fsp3) is 0.800. The first-order valence-electron chi connectivity index (χ1n) is 3.36. The number of rotatable bonds is 3. The van der Waals surface area contributed by atoms with Gasteiger partial charge in [-0.05, 0) is 13.8 Å². The zero-order valence-electron chi connectivity index (χ0n) is 6.89. The van der Waals surface area contributed by atoms with Crippen molar-refractivity contribution in [1.82, 2.24) is 5.32 Å². The van der Waals surface area contributed by atoms with Crippen molar-refractivity contribution in [2.24, 2.45) is 5.73 Å². The Bertz CT molecular complexity index is 211. The van der Waals surface area contributed by atoms with Crippen LogP contribution < -0.4 is 11.1 Å². The summed E-state index contributed by atoms with van der Waals surface area (Å²) in [4.78, 5) is 28.0. The highest BCUT2D eigenvalue weighted by molar-refractivity contribution is 7.52. The Hall–Kier alpha value is -0.420. The van der Waals surface area contributed by atoms with E-state index in [9.17, 15) is 9.36 Å². The molecule has 5 N–H and O–H groups in total. The lowest BCUT2D eigenvalue weighted by atomic mass is 10.3. The van der Waals surface area contributed by atoms with E-state index in [1.807, 2.05) is 0 Å². The van der Waals surface area contributed by atoms with Crippen LogP contribution in [0.3, 0.4) is 0 Å². The van der Waals surface area contributed by atoms with Crippen LogP contribution in [-0.4, -0.2) is 27.5 Å². The average Bonchev–Trinajstić information content (AvgIpc) is 1.85. The minimum absolute atomic E-state index is 0.578. The zero-order valence-corrected chi connectivity index (χ0v) is 7.78. The molecule has 72 valence electrons. The molecule has 0 saturated carbocycles. The fourth-order valence-corrected chi connectivity index (χ4v) is 0.717. The van der Waals surface area contributed by atoms with Crippen molar-refractivity contribution >= 4 is 13.5 Å². The molecule has 0 aromatic carbocycles. The van der Waals surface area contributed by atoms with Gasteiger partial charge in [0.25, 0.3) is 0 Å². The Morgan fingerprint density at radius 1 is 1.50 bits per heavy atom. The Morgan fingerprint density at radius 2 is 1.92 bits per heavy atom. The van der Waals surface area contributed by atoms with Crippen LogP contribution in [0, 0.1) is 0 Å². The quantitative estimate of drug-likeness (QED) is 0.431. The molecule has 1 amide bonds. The number of hydrogen-bond acceptors (Lipinski definition) is 3. The molecule has 0 heterocycles. The van der Waals surface area contributed by atoms with Gasteiger partial charge in [0.15, 0.2) is 0 Å². The normalized spacial score (nSPS) is 16.8. The summed E-state index contributed by atoms with van der Waals surface area (Å²) < 4.78 is 10.5. The second kappa shape index (κ2) is 4.00. The van der Waals surface area contributed by atoms with Gasteiger partial charge in [-0.25, -0.2) is 0 Å². The molecule has 0 spiro atoms. The predicted molar refractivity (Wildman–Crippen MR) is 43.3 cm³/mol. The average molecular weight is 196 g/mol. The number of hydrogen-bond donors (Lipinski definition) is 4. The van der Waals surface area contributed by atoms with E-state index in [1.54, 1.807) is 0 Å². The van der Waals surface area contributed by atoms with E-state index in [0.29, 0.717) is 0 Å². The first-order chi connectivity index (χ1) is 5.25. The maximum atomic E-state index is 10.8. The summed E-state index contributed by atoms with van der Waals surface area (Å²) in [5.41, 5.74) is 5.16. The number of nitrogens with one attached hydrogen (secondary N) is 1. The van der Waals surface area contributed by atoms with Gasteiger partial charge in [0.2, 0.25) is 5.91 Å². The van der Waals surface area contributed by atoms with Crippen molar-refractivity contribution in [3.8, 4) is 0 Å². The molecular weight excluding hydrogens is 183 g/mol. The molecule has 0 bridgehead atoms. The van der Waals surface area contributed by atoms with Crippen LogP contribution in [0.1, 0.15) is 13.8 Å². The van der Waals surface area contributed by atoms with Crippen molar-refractivity contribution in [3.05, 3.63) is 0 Å². The number of carbonyl (C=O) groups excluding carboxylic acids is 1. The molecule has 7 heteroatoms. The summed E-state index contributed by atoms with van der Waals surface area (Å²) in [7, 11) is -4.24. The second-order valence-electron chi connectivity index (χ2n) is 2.56. The van der Waals surface area contributed by atoms with E-state index in [4.69, 9.17) is 15.5 Å². The monoisotopic (exact) mass is 196 g/mol. The zero-order chi connectivity index (χ0) is 9.94. The van der Waals surface area contributed by atoms with Crippen LogP contribution in [0.15, 0.2) is 0 Å². The van der Waals surface area contributed by atoms with E-state index < -0.39 is 25.3 Å². The maximum absolute atomic E-state index is 10.8. The summed E-state index contributed by atoms with van der Waals surface area (Å²) >= 11 is 0. The van der Waals surface area contributed by atoms with Gasteiger partial charge in [0, 0.05) is 0 Å². The smallest absolute Gasteiger partial charge is 0.341 e. The fourth-order valence-electron chi connectivity index (χ4n) is 0.421. The molecule has 0 fully saturated rings. The molecule has 0 aromatic rings. The molecule has 0 aliphatic carbocycles. The minimum Gasteiger partial charge on any atom is -0.341 e. The third kappa shape index (κ3) is 3.82. The van der Waals surface area contributed by atoms with E-state index in [2.05, 4.69) is 5.32 Å². The Labute approximate surface area is 70.3 Å². The lowest BCUT2D eigenvalue weighted by Crippen LogP contribution is -2.42. The van der Waals surface area contributed by atoms with Crippen LogP contribution in [0.4, 0.5) is 0 Å². The van der Waals surface area contributed by atoms with Gasteiger partial charge < -0.3 is 20.8 Å². The van der Waals surface area contributed by atoms with E-state index in [0.717, 1.165) is 0 Å². The summed E-state index contributed by atoms with van der Waals surface area (Å²) in [6.07, 6.45) is 0. The number of nitrogens with two attached hydrogens (primary N) is 1. The minimum atomic E-state index is -4.24. The molecule has 2 atom stereocenters. The first kappa shape index (κ1) is 11.6. The van der Waals surface area contributed by atoms with Gasteiger partial charge in [-0.15, -0.1) is 0 Å². The van der Waals surface area contributed by atoms with Crippen LogP contribution >= 0.6 is 7.60 Å². The third-order valence-corrected chi connectivity index (χ3v) is 2.41. The summed E-state index contributed by atoms with van der Waals surface area (Å²) in [5.74, 6) is -1.76. The molecule has 0 aliphatic heterocycles. The molecule has 0 saturated heterocycles. The lowest BCUT2D eigenvalue weighted by Gasteiger charge is -2.16. The number of carbonyl (C=O) groups is 1. The maximum Gasteiger partial charge on any atom is 0.347 e. The van der Waals surface area contributed by atoms with Crippen LogP contribution in [0.5, 0.6) is 0 Å². The molecule has 0 rings (SSSR count). The van der Waals surface area contributed by atoms with Crippen LogP contribution in [-0.2, 0) is 9.36 Å². The summed E-state index contributed by atoms with van der Waals surface area (Å²) in [6.45, 7) is 2.66. The molecule has 0 aromatic heterocycles. The van der Waals surface area contributed by atoms with Gasteiger partial charge in [0.05, 0.1) is 6.04 Å². The predicted octanol–water partition coefficient (Wildman–Crippen LogP) is -1.03. The molecular formula is C5H13N2O4P. The topological polar surface area (TPSA) is 113 Å². The van der Waals surface area contributed by atoms with Gasteiger partial charge in [0.1, 0.15) is 5.78 Å². The van der Waals surface area contributed by atoms with Crippen molar-refractivity contribution in [2.45, 2.75) is 25.7 Å². The highest BCUT2D eigenvalue weighted by Gasteiger charge is 2.26. The van der Waals surface area contributed by atoms with E-state index in [-0.39, 0.29) is 0 Å². The van der Waals surface area contributed by atoms with Crippen molar-refractivity contribution in [1.29, 1.82) is 0 Å². The highest BCUT2D eigenvalue weighted by Crippen LogP contribution is 2.38. The number of amides is 1. The molecule has 6 nitrogen and oxygen atoms in total. The lowest BCUT2D eigenvalue weighted by molar-refractivity contribution is -0.122. The molecule has 0 unspecified atom stereocenters. The van der Waals surface area contributed by atoms with E-state index >= 15 is 0 Å². The summed E-state index contributed by atoms with van der Waals surface area (Å²) in [6, 6.07) is -0.765. The van der Waals surface area contributed by atoms with Crippen LogP contribution in [0.25, 0.3) is 0 Å². The third-order valence-electron chi connectivity index (χ3n) is 1.27. The Kier molecular flexibility index (Phi) is 3.86. The summed E-state index contributed by atoms with van der Waals surface area (Å²) in [5, 5.41) is 2.09. The SMILES string of the molecule is C[C@H](NC(=O)[C@@H](C)N)P(=O)(O)O. The standard InChI is InChI=1S/C5H13N2O4P/c1-3(6)5(8)7-4(2)12(9,10)11/h3-4H,6H2,1-2H3,(H,7,8)(H2,9,10,11)/t3-,4-/m1/s1. The van der Waals surface area contributed by atoms with Gasteiger partial charge in [-0.1, -0.05) is 0 Å². The van der Waals surface area contributed by atoms with Crippen molar-refractivity contribution < 1.29 is 19.1 Å². The Morgan fingerprint density at radius 3 is 2.17 bits per heavy atom. The largest absolute Gasteiger partial charge is 0.347 e. The molecule has 0 radical (unpaired) electrons. The van der Waals surface area contributed by atoms with Gasteiger partial charge >= 0.3 is 7.60 Å². The van der Waals surface area contributed by atoms with E-state index in [1.165, 1.54) is 13.8 Å². The first-order valence-corrected chi connectivity index (χ1v) is 5.04. The van der Waals surface area contributed by atoms with Crippen molar-refractivity contribution in [2.75, 3.05) is 0 Å². The van der Waals surface area contributed by atoms with Gasteiger partial charge in [-0.2, -0.15) is 0 Å². The highest BCUT2D eigenvalue weighted by atomic mass is 31.2. The second-order valence-corrected chi connectivity index (χ2v) is 4.52. The van der Waals surface area contributed by atoms with Gasteiger partial charge in [-0.3, -0.25) is 9.36 Å². The van der Waals surface area contributed by atoms with Crippen LogP contribution in [0.2, 0.25) is 0 Å². The van der Waals surface area contributed by atoms with Crippen molar-refractivity contribution in [3.63, 3.8) is 0 Å².